The highest BCUT2D eigenvalue weighted by Gasteiger charge is 2.14. The minimum absolute atomic E-state index is 0.0666. The molecule has 0 spiro atoms. The Balaban J connectivity index is 1.68. The van der Waals surface area contributed by atoms with Gasteiger partial charge in [-0.25, -0.2) is 4.98 Å². The lowest BCUT2D eigenvalue weighted by atomic mass is 9.87. The van der Waals surface area contributed by atoms with E-state index in [1.165, 1.54) is 5.56 Å². The molecule has 0 atom stereocenters. The average Bonchev–Trinajstić information content (AvgIpc) is 2.68. The summed E-state index contributed by atoms with van der Waals surface area (Å²) in [5.74, 6) is -0.271. The molecule has 5 heteroatoms. The van der Waals surface area contributed by atoms with Gasteiger partial charge in [0.2, 0.25) is 0 Å². The van der Waals surface area contributed by atoms with E-state index in [0.29, 0.717) is 22.6 Å². The van der Waals surface area contributed by atoms with Gasteiger partial charge < -0.3 is 10.6 Å². The summed E-state index contributed by atoms with van der Waals surface area (Å²) in [5, 5.41) is 15.2. The molecule has 0 bridgehead atoms. The van der Waals surface area contributed by atoms with Crippen LogP contribution in [0.4, 0.5) is 17.1 Å². The van der Waals surface area contributed by atoms with Crippen molar-refractivity contribution in [3.8, 4) is 6.07 Å². The van der Waals surface area contributed by atoms with Crippen LogP contribution < -0.4 is 10.6 Å². The number of para-hydroxylation sites is 1. The van der Waals surface area contributed by atoms with Gasteiger partial charge in [0.1, 0.15) is 11.8 Å². The van der Waals surface area contributed by atoms with Gasteiger partial charge in [-0.15, -0.1) is 0 Å². The fraction of sp³-hybridized carbons (Fsp3) is 0.174. The van der Waals surface area contributed by atoms with Gasteiger partial charge in [0.15, 0.2) is 0 Å². The molecule has 0 aliphatic heterocycles. The molecule has 1 heterocycles. The van der Waals surface area contributed by atoms with E-state index in [-0.39, 0.29) is 11.3 Å². The minimum atomic E-state index is -0.271. The van der Waals surface area contributed by atoms with Crippen molar-refractivity contribution in [2.45, 2.75) is 26.2 Å². The number of hydrogen-bond acceptors (Lipinski definition) is 4. The normalized spacial score (nSPS) is 10.8. The molecule has 0 radical (unpaired) electrons. The highest BCUT2D eigenvalue weighted by molar-refractivity contribution is 6.03. The molecule has 0 aliphatic rings. The van der Waals surface area contributed by atoms with E-state index in [2.05, 4.69) is 42.5 Å². The number of pyridine rings is 1. The van der Waals surface area contributed by atoms with Gasteiger partial charge in [0.25, 0.3) is 5.91 Å². The number of nitrogens with zero attached hydrogens (tertiary/aromatic N) is 2. The predicted octanol–water partition coefficient (Wildman–Crippen LogP) is 5.25. The first kappa shape index (κ1) is 19.1. The van der Waals surface area contributed by atoms with Crippen molar-refractivity contribution in [2.75, 3.05) is 10.6 Å². The molecule has 5 nitrogen and oxygen atoms in total. The van der Waals surface area contributed by atoms with E-state index in [1.807, 2.05) is 42.5 Å². The van der Waals surface area contributed by atoms with E-state index < -0.39 is 0 Å². The van der Waals surface area contributed by atoms with Gasteiger partial charge in [-0.05, 0) is 47.4 Å². The number of hydrogen-bond donors (Lipinski definition) is 2. The molecular weight excluding hydrogens is 348 g/mol. The van der Waals surface area contributed by atoms with Crippen LogP contribution in [0.3, 0.4) is 0 Å². The van der Waals surface area contributed by atoms with Crippen LogP contribution in [0.15, 0.2) is 66.9 Å². The van der Waals surface area contributed by atoms with Crippen LogP contribution in [-0.4, -0.2) is 10.9 Å². The van der Waals surface area contributed by atoms with Gasteiger partial charge in [-0.3, -0.25) is 4.79 Å². The quantitative estimate of drug-likeness (QED) is 0.658. The number of benzene rings is 2. The fourth-order valence-electron chi connectivity index (χ4n) is 2.70. The van der Waals surface area contributed by atoms with Gasteiger partial charge in [-0.1, -0.05) is 45.0 Å². The number of carbonyl (C=O) groups is 1. The van der Waals surface area contributed by atoms with Crippen LogP contribution in [0, 0.1) is 11.3 Å². The molecule has 0 fully saturated rings. The number of nitrogens with one attached hydrogen (secondary N) is 2. The maximum absolute atomic E-state index is 12.4. The van der Waals surface area contributed by atoms with Crippen LogP contribution in [0.25, 0.3) is 0 Å². The largest absolute Gasteiger partial charge is 0.353 e. The Bertz CT molecular complexity index is 1010. The molecule has 0 saturated heterocycles. The van der Waals surface area contributed by atoms with Crippen molar-refractivity contribution in [1.29, 1.82) is 5.26 Å². The molecule has 0 unspecified atom stereocenters. The summed E-state index contributed by atoms with van der Waals surface area (Å²) in [7, 11) is 0. The van der Waals surface area contributed by atoms with Crippen LogP contribution >= 0.6 is 0 Å². The topological polar surface area (TPSA) is 77.8 Å². The maximum atomic E-state index is 12.4. The summed E-state index contributed by atoms with van der Waals surface area (Å²) in [4.78, 5) is 16.7. The highest BCUT2D eigenvalue weighted by Crippen LogP contribution is 2.24. The second kappa shape index (κ2) is 7.93. The average molecular weight is 370 g/mol. The molecule has 0 saturated carbocycles. The Morgan fingerprint density at radius 2 is 1.64 bits per heavy atom. The van der Waals surface area contributed by atoms with E-state index in [0.717, 1.165) is 5.69 Å². The summed E-state index contributed by atoms with van der Waals surface area (Å²) < 4.78 is 0. The second-order valence-electron chi connectivity index (χ2n) is 7.50. The highest BCUT2D eigenvalue weighted by atomic mass is 16.1. The lowest BCUT2D eigenvalue weighted by molar-refractivity contribution is 0.102. The molecule has 2 N–H and O–H groups in total. The zero-order chi connectivity index (χ0) is 20.1. The first-order valence-corrected chi connectivity index (χ1v) is 9.01. The van der Waals surface area contributed by atoms with Crippen LogP contribution in [0.5, 0.6) is 0 Å². The maximum Gasteiger partial charge on any atom is 0.274 e. The third-order valence-corrected chi connectivity index (χ3v) is 4.33. The van der Waals surface area contributed by atoms with Crippen molar-refractivity contribution in [2.24, 2.45) is 0 Å². The molecule has 140 valence electrons. The molecule has 3 aromatic rings. The monoisotopic (exact) mass is 370 g/mol. The standard InChI is InChI=1S/C23H22N4O/c1-23(2,3)17-8-10-18(11-9-17)27-22(28)21-13-12-19(15-25-21)26-20-7-5-4-6-16(20)14-24/h4-13,15,26H,1-3H3,(H,27,28). The van der Waals surface area contributed by atoms with Gasteiger partial charge in [-0.2, -0.15) is 5.26 Å². The number of rotatable bonds is 4. The molecule has 1 aromatic heterocycles. The van der Waals surface area contributed by atoms with Crippen molar-refractivity contribution in [3.63, 3.8) is 0 Å². The van der Waals surface area contributed by atoms with Crippen molar-refractivity contribution < 1.29 is 4.79 Å². The summed E-state index contributed by atoms with van der Waals surface area (Å²) >= 11 is 0. The predicted molar refractivity (Wildman–Crippen MR) is 112 cm³/mol. The SMILES string of the molecule is CC(C)(C)c1ccc(NC(=O)c2ccc(Nc3ccccc3C#N)cn2)cc1. The zero-order valence-corrected chi connectivity index (χ0v) is 16.2. The van der Waals surface area contributed by atoms with Gasteiger partial charge in [0, 0.05) is 5.69 Å². The minimum Gasteiger partial charge on any atom is -0.353 e. The van der Waals surface area contributed by atoms with Gasteiger partial charge >= 0.3 is 0 Å². The summed E-state index contributed by atoms with van der Waals surface area (Å²) in [6.07, 6.45) is 1.58. The number of nitriles is 1. The summed E-state index contributed by atoms with van der Waals surface area (Å²) in [6.45, 7) is 6.44. The number of aromatic nitrogens is 1. The lowest BCUT2D eigenvalue weighted by Crippen LogP contribution is -2.14. The zero-order valence-electron chi connectivity index (χ0n) is 16.2. The van der Waals surface area contributed by atoms with E-state index in [1.54, 1.807) is 24.4 Å². The molecule has 0 aliphatic carbocycles. The Kier molecular flexibility index (Phi) is 5.42. The number of amides is 1. The third kappa shape index (κ3) is 4.54. The van der Waals surface area contributed by atoms with Crippen molar-refractivity contribution >= 4 is 23.0 Å². The van der Waals surface area contributed by atoms with Crippen molar-refractivity contribution in [1.82, 2.24) is 4.98 Å². The molecule has 2 aromatic carbocycles. The van der Waals surface area contributed by atoms with Crippen molar-refractivity contribution in [3.05, 3.63) is 83.7 Å². The third-order valence-electron chi connectivity index (χ3n) is 4.33. The first-order chi connectivity index (χ1) is 13.4. The summed E-state index contributed by atoms with van der Waals surface area (Å²) in [5.41, 5.74) is 4.26. The van der Waals surface area contributed by atoms with Crippen LogP contribution in [0.2, 0.25) is 0 Å². The lowest BCUT2D eigenvalue weighted by Gasteiger charge is -2.19. The summed E-state index contributed by atoms with van der Waals surface area (Å²) in [6, 6.07) is 20.6. The number of anilines is 3. The van der Waals surface area contributed by atoms with E-state index >= 15 is 0 Å². The Hall–Kier alpha value is -3.65. The van der Waals surface area contributed by atoms with Crippen LogP contribution in [-0.2, 0) is 5.41 Å². The molecule has 28 heavy (non-hydrogen) atoms. The number of carbonyl (C=O) groups excluding carboxylic acids is 1. The molecule has 1 amide bonds. The first-order valence-electron chi connectivity index (χ1n) is 9.01. The van der Waals surface area contributed by atoms with E-state index in [9.17, 15) is 4.79 Å². The Labute approximate surface area is 165 Å². The van der Waals surface area contributed by atoms with Crippen LogP contribution in [0.1, 0.15) is 42.4 Å². The van der Waals surface area contributed by atoms with E-state index in [4.69, 9.17) is 5.26 Å². The molecule has 3 rings (SSSR count). The van der Waals surface area contributed by atoms with Gasteiger partial charge in [0.05, 0.1) is 23.1 Å². The fourth-order valence-corrected chi connectivity index (χ4v) is 2.70. The smallest absolute Gasteiger partial charge is 0.274 e. The second-order valence-corrected chi connectivity index (χ2v) is 7.50. The Morgan fingerprint density at radius 1 is 0.964 bits per heavy atom. The molecular formula is C23H22N4O. The Morgan fingerprint density at radius 3 is 2.25 bits per heavy atom.